The predicted octanol–water partition coefficient (Wildman–Crippen LogP) is 3.50. The van der Waals surface area contributed by atoms with Crippen LogP contribution in [0.15, 0.2) is 42.6 Å². The number of benzene rings is 1. The normalized spacial score (nSPS) is 10.2. The van der Waals surface area contributed by atoms with Gasteiger partial charge in [0.25, 0.3) is 0 Å². The number of carbonyl (C=O) groups is 1. The van der Waals surface area contributed by atoms with E-state index in [1.54, 1.807) is 6.20 Å². The second-order valence-electron chi connectivity index (χ2n) is 4.95. The van der Waals surface area contributed by atoms with Crippen molar-refractivity contribution in [2.45, 2.75) is 26.7 Å². The van der Waals surface area contributed by atoms with E-state index in [9.17, 15) is 4.79 Å². The van der Waals surface area contributed by atoms with Gasteiger partial charge in [-0.25, -0.2) is 0 Å². The molecule has 1 heterocycles. The van der Waals surface area contributed by atoms with Crippen LogP contribution in [0, 0.1) is 13.8 Å². The molecule has 4 nitrogen and oxygen atoms in total. The van der Waals surface area contributed by atoms with Gasteiger partial charge in [-0.1, -0.05) is 17.7 Å². The Balaban J connectivity index is 1.70. The van der Waals surface area contributed by atoms with E-state index in [1.807, 2.05) is 50.2 Å². The smallest absolute Gasteiger partial charge is 0.224 e. The molecular formula is C17H20N2O2. The van der Waals surface area contributed by atoms with E-state index in [2.05, 4.69) is 10.3 Å². The lowest BCUT2D eigenvalue weighted by molar-refractivity contribution is -0.116. The van der Waals surface area contributed by atoms with Gasteiger partial charge in [-0.3, -0.25) is 9.78 Å². The summed E-state index contributed by atoms with van der Waals surface area (Å²) < 4.78 is 5.59. The lowest BCUT2D eigenvalue weighted by atomic mass is 10.2. The van der Waals surface area contributed by atoms with Gasteiger partial charge in [0.05, 0.1) is 18.0 Å². The molecule has 0 aliphatic carbocycles. The zero-order chi connectivity index (χ0) is 15.1. The van der Waals surface area contributed by atoms with Crippen LogP contribution in [0.3, 0.4) is 0 Å². The monoisotopic (exact) mass is 284 g/mol. The topological polar surface area (TPSA) is 51.2 Å². The first-order valence-corrected chi connectivity index (χ1v) is 7.06. The van der Waals surface area contributed by atoms with Crippen LogP contribution < -0.4 is 10.1 Å². The van der Waals surface area contributed by atoms with Crippen molar-refractivity contribution >= 4 is 11.6 Å². The number of aromatic nitrogens is 1. The molecule has 1 N–H and O–H groups in total. The second kappa shape index (κ2) is 7.43. The molecule has 0 atom stereocenters. The molecule has 0 saturated carbocycles. The number of carbonyl (C=O) groups excluding carboxylic acids is 1. The van der Waals surface area contributed by atoms with Crippen molar-refractivity contribution in [3.8, 4) is 5.75 Å². The van der Waals surface area contributed by atoms with Gasteiger partial charge in [0.1, 0.15) is 5.75 Å². The summed E-state index contributed by atoms with van der Waals surface area (Å²) in [6, 6.07) is 11.6. The molecule has 0 bridgehead atoms. The average molecular weight is 284 g/mol. The molecule has 1 amide bonds. The van der Waals surface area contributed by atoms with Gasteiger partial charge in [-0.05, 0) is 44.5 Å². The molecule has 0 unspecified atom stereocenters. The van der Waals surface area contributed by atoms with Gasteiger partial charge < -0.3 is 10.1 Å². The van der Waals surface area contributed by atoms with E-state index in [4.69, 9.17) is 4.74 Å². The van der Waals surface area contributed by atoms with Gasteiger partial charge in [0.2, 0.25) is 5.91 Å². The highest BCUT2D eigenvalue weighted by Gasteiger charge is 2.05. The number of hydrogen-bond acceptors (Lipinski definition) is 3. The highest BCUT2D eigenvalue weighted by Crippen LogP contribution is 2.13. The lowest BCUT2D eigenvalue weighted by Crippen LogP contribution is -2.13. The SMILES string of the molecule is Cc1ccc(OCCCC(=O)Nc2cccnc2C)cc1. The van der Waals surface area contributed by atoms with Gasteiger partial charge >= 0.3 is 0 Å². The van der Waals surface area contributed by atoms with Crippen LogP contribution in [0.2, 0.25) is 0 Å². The number of ether oxygens (including phenoxy) is 1. The molecule has 110 valence electrons. The second-order valence-corrected chi connectivity index (χ2v) is 4.95. The Morgan fingerprint density at radius 2 is 1.95 bits per heavy atom. The van der Waals surface area contributed by atoms with E-state index in [1.165, 1.54) is 5.56 Å². The molecule has 4 heteroatoms. The minimum Gasteiger partial charge on any atom is -0.494 e. The third-order valence-corrected chi connectivity index (χ3v) is 3.12. The Hall–Kier alpha value is -2.36. The average Bonchev–Trinajstić information content (AvgIpc) is 2.48. The summed E-state index contributed by atoms with van der Waals surface area (Å²) in [5, 5.41) is 2.86. The number of hydrogen-bond donors (Lipinski definition) is 1. The summed E-state index contributed by atoms with van der Waals surface area (Å²) in [5.41, 5.74) is 2.79. The minimum atomic E-state index is -0.0152. The highest BCUT2D eigenvalue weighted by atomic mass is 16.5. The molecule has 21 heavy (non-hydrogen) atoms. The summed E-state index contributed by atoms with van der Waals surface area (Å²) in [6.45, 7) is 4.44. The quantitative estimate of drug-likeness (QED) is 0.826. The molecule has 0 fully saturated rings. The zero-order valence-corrected chi connectivity index (χ0v) is 12.4. The van der Waals surface area contributed by atoms with Crippen molar-refractivity contribution in [2.75, 3.05) is 11.9 Å². The Morgan fingerprint density at radius 1 is 1.19 bits per heavy atom. The molecule has 0 aliphatic heterocycles. The molecule has 1 aromatic heterocycles. The van der Waals surface area contributed by atoms with Crippen molar-refractivity contribution in [1.82, 2.24) is 4.98 Å². The maximum Gasteiger partial charge on any atom is 0.224 e. The molecule has 1 aromatic carbocycles. The number of nitrogens with one attached hydrogen (secondary N) is 1. The summed E-state index contributed by atoms with van der Waals surface area (Å²) in [7, 11) is 0. The van der Waals surface area contributed by atoms with Crippen molar-refractivity contribution in [3.63, 3.8) is 0 Å². The third-order valence-electron chi connectivity index (χ3n) is 3.12. The number of amides is 1. The first-order valence-electron chi connectivity index (χ1n) is 7.06. The number of aryl methyl sites for hydroxylation is 2. The van der Waals surface area contributed by atoms with Crippen LogP contribution >= 0.6 is 0 Å². The summed E-state index contributed by atoms with van der Waals surface area (Å²) in [5.74, 6) is 0.822. The fourth-order valence-corrected chi connectivity index (χ4v) is 1.89. The Kier molecular flexibility index (Phi) is 5.32. The molecule has 2 rings (SSSR count). The van der Waals surface area contributed by atoms with E-state index < -0.39 is 0 Å². The maximum absolute atomic E-state index is 11.8. The van der Waals surface area contributed by atoms with Crippen LogP contribution in [0.25, 0.3) is 0 Å². The predicted molar refractivity (Wildman–Crippen MR) is 83.5 cm³/mol. The van der Waals surface area contributed by atoms with Crippen molar-refractivity contribution in [3.05, 3.63) is 53.9 Å². The summed E-state index contributed by atoms with van der Waals surface area (Å²) in [6.07, 6.45) is 2.82. The van der Waals surface area contributed by atoms with Crippen LogP contribution in [0.5, 0.6) is 5.75 Å². The van der Waals surface area contributed by atoms with Crippen LogP contribution in [0.1, 0.15) is 24.1 Å². The van der Waals surface area contributed by atoms with Crippen LogP contribution in [-0.2, 0) is 4.79 Å². The minimum absolute atomic E-state index is 0.0152. The summed E-state index contributed by atoms with van der Waals surface area (Å²) in [4.78, 5) is 16.0. The standard InChI is InChI=1S/C17H20N2O2/c1-13-7-9-15(10-8-13)21-12-4-6-17(20)19-16-5-3-11-18-14(16)2/h3,5,7-11H,4,6,12H2,1-2H3,(H,19,20). The summed E-state index contributed by atoms with van der Waals surface area (Å²) >= 11 is 0. The van der Waals surface area contributed by atoms with E-state index in [0.29, 0.717) is 19.4 Å². The fraction of sp³-hybridized carbons (Fsp3) is 0.294. The number of pyridine rings is 1. The van der Waals surface area contributed by atoms with Crippen molar-refractivity contribution in [1.29, 1.82) is 0 Å². The number of rotatable bonds is 6. The van der Waals surface area contributed by atoms with Gasteiger partial charge in [-0.15, -0.1) is 0 Å². The van der Waals surface area contributed by atoms with Crippen LogP contribution in [0.4, 0.5) is 5.69 Å². The van der Waals surface area contributed by atoms with Crippen LogP contribution in [-0.4, -0.2) is 17.5 Å². The molecule has 0 radical (unpaired) electrons. The molecule has 0 spiro atoms. The number of anilines is 1. The molecule has 0 saturated heterocycles. The molecule has 2 aromatic rings. The van der Waals surface area contributed by atoms with Gasteiger partial charge in [-0.2, -0.15) is 0 Å². The Bertz CT molecular complexity index is 594. The highest BCUT2D eigenvalue weighted by molar-refractivity contribution is 5.91. The Morgan fingerprint density at radius 3 is 2.67 bits per heavy atom. The zero-order valence-electron chi connectivity index (χ0n) is 12.4. The number of nitrogens with zero attached hydrogens (tertiary/aromatic N) is 1. The lowest BCUT2D eigenvalue weighted by Gasteiger charge is -2.08. The Labute approximate surface area is 125 Å². The first-order chi connectivity index (χ1) is 10.1. The van der Waals surface area contributed by atoms with E-state index in [-0.39, 0.29) is 5.91 Å². The van der Waals surface area contributed by atoms with Gasteiger partial charge in [0.15, 0.2) is 0 Å². The first kappa shape index (κ1) is 15.0. The van der Waals surface area contributed by atoms with Crippen molar-refractivity contribution in [2.24, 2.45) is 0 Å². The fourth-order valence-electron chi connectivity index (χ4n) is 1.89. The maximum atomic E-state index is 11.8. The molecular weight excluding hydrogens is 264 g/mol. The van der Waals surface area contributed by atoms with E-state index in [0.717, 1.165) is 17.1 Å². The van der Waals surface area contributed by atoms with Gasteiger partial charge in [0, 0.05) is 12.6 Å². The largest absolute Gasteiger partial charge is 0.494 e. The van der Waals surface area contributed by atoms with Crippen molar-refractivity contribution < 1.29 is 9.53 Å². The molecule has 0 aliphatic rings. The third kappa shape index (κ3) is 4.91. The van der Waals surface area contributed by atoms with E-state index >= 15 is 0 Å².